The minimum Gasteiger partial charge on any atom is -0.381 e. The first-order valence-corrected chi connectivity index (χ1v) is 14.9. The molecule has 4 heterocycles. The number of H-pyrrole nitrogens is 1. The maximum atomic E-state index is 14.2. The molecule has 1 amide bonds. The van der Waals surface area contributed by atoms with Gasteiger partial charge in [-0.05, 0) is 53.8 Å². The molecule has 2 aromatic heterocycles. The Morgan fingerprint density at radius 3 is 2.79 bits per heavy atom. The maximum Gasteiger partial charge on any atom is 0.354 e. The predicted molar refractivity (Wildman–Crippen MR) is 173 cm³/mol. The fraction of sp³-hybridized carbons (Fsp3) is 0.273. The Labute approximate surface area is 253 Å². The molecule has 10 heteroatoms. The highest BCUT2D eigenvalue weighted by Gasteiger charge is 2.35. The van der Waals surface area contributed by atoms with Gasteiger partial charge in [-0.15, -0.1) is 0 Å². The van der Waals surface area contributed by atoms with Crippen molar-refractivity contribution < 1.29 is 4.79 Å². The number of halogens is 1. The number of piperazine rings is 1. The Kier molecular flexibility index (Phi) is 6.50. The van der Waals surface area contributed by atoms with Crippen LogP contribution in [-0.4, -0.2) is 62.8 Å². The highest BCUT2D eigenvalue weighted by atomic mass is 35.5. The van der Waals surface area contributed by atoms with Crippen LogP contribution in [0.1, 0.15) is 30.9 Å². The highest BCUT2D eigenvalue weighted by molar-refractivity contribution is 6.38. The van der Waals surface area contributed by atoms with Gasteiger partial charge in [0.25, 0.3) is 0 Å². The zero-order valence-electron chi connectivity index (χ0n) is 24.3. The molecule has 2 N–H and O–H groups in total. The fourth-order valence-corrected chi connectivity index (χ4v) is 6.97. The minimum atomic E-state index is -0.363. The van der Waals surface area contributed by atoms with Crippen molar-refractivity contribution in [2.45, 2.75) is 32.7 Å². The van der Waals surface area contributed by atoms with E-state index in [0.717, 1.165) is 55.4 Å². The molecule has 9 nitrogen and oxygen atoms in total. The summed E-state index contributed by atoms with van der Waals surface area (Å²) in [5.74, 6) is 0.657. The Bertz CT molecular complexity index is 2010. The van der Waals surface area contributed by atoms with E-state index in [1.165, 1.54) is 6.08 Å². The zero-order chi connectivity index (χ0) is 30.0. The van der Waals surface area contributed by atoms with Crippen LogP contribution in [0.25, 0.3) is 38.6 Å². The third-order valence-corrected chi connectivity index (χ3v) is 9.15. The number of carbonyl (C=O) groups excluding carboxylic acids is 1. The van der Waals surface area contributed by atoms with E-state index in [-0.39, 0.29) is 23.6 Å². The number of anilines is 2. The SMILES string of the molecule is C=CC(=O)N1CCN2c3nc(=O)n(-c4ccccc4C(C)C)c4cc(-c5c(C)ccc6[nH]ncc56)c(Cl)c(c34)NCC2C1. The van der Waals surface area contributed by atoms with Crippen LogP contribution in [0.15, 0.2) is 66.1 Å². The fourth-order valence-electron chi connectivity index (χ4n) is 6.66. The number of carbonyl (C=O) groups is 1. The number of hydrogen-bond donors (Lipinski definition) is 2. The number of aromatic nitrogens is 4. The summed E-state index contributed by atoms with van der Waals surface area (Å²) in [6, 6.07) is 13.9. The Morgan fingerprint density at radius 1 is 1.19 bits per heavy atom. The van der Waals surface area contributed by atoms with E-state index in [2.05, 4.69) is 53.8 Å². The van der Waals surface area contributed by atoms with Crippen molar-refractivity contribution in [2.75, 3.05) is 36.4 Å². The van der Waals surface area contributed by atoms with Gasteiger partial charge in [0.05, 0.1) is 45.1 Å². The number of nitrogens with one attached hydrogen (secondary N) is 2. The predicted octanol–water partition coefficient (Wildman–Crippen LogP) is 5.64. The summed E-state index contributed by atoms with van der Waals surface area (Å²) in [6.07, 6.45) is 3.16. The lowest BCUT2D eigenvalue weighted by molar-refractivity contribution is -0.126. The van der Waals surface area contributed by atoms with E-state index < -0.39 is 0 Å². The molecule has 5 aromatic rings. The maximum absolute atomic E-state index is 14.2. The van der Waals surface area contributed by atoms with Crippen molar-refractivity contribution in [1.29, 1.82) is 0 Å². The lowest BCUT2D eigenvalue weighted by atomic mass is 9.94. The van der Waals surface area contributed by atoms with E-state index in [0.29, 0.717) is 37.0 Å². The topological polar surface area (TPSA) is 99.2 Å². The van der Waals surface area contributed by atoms with Gasteiger partial charge in [-0.2, -0.15) is 10.1 Å². The van der Waals surface area contributed by atoms with Gasteiger partial charge in [-0.3, -0.25) is 14.5 Å². The van der Waals surface area contributed by atoms with Crippen LogP contribution in [-0.2, 0) is 4.79 Å². The molecule has 1 fully saturated rings. The van der Waals surface area contributed by atoms with Gasteiger partial charge >= 0.3 is 5.69 Å². The second-order valence-electron chi connectivity index (χ2n) is 11.6. The summed E-state index contributed by atoms with van der Waals surface area (Å²) >= 11 is 7.35. The van der Waals surface area contributed by atoms with E-state index in [4.69, 9.17) is 16.6 Å². The number of benzene rings is 3. The van der Waals surface area contributed by atoms with Crippen molar-refractivity contribution in [1.82, 2.24) is 24.6 Å². The second-order valence-corrected chi connectivity index (χ2v) is 12.0. The summed E-state index contributed by atoms with van der Waals surface area (Å²) in [6.45, 7) is 12.0. The summed E-state index contributed by atoms with van der Waals surface area (Å²) in [5.41, 5.74) is 6.62. The second kappa shape index (κ2) is 10.3. The molecular weight excluding hydrogens is 562 g/mol. The molecule has 0 aliphatic carbocycles. The number of aromatic amines is 1. The first-order valence-electron chi connectivity index (χ1n) is 14.5. The smallest absolute Gasteiger partial charge is 0.354 e. The first kappa shape index (κ1) is 27.2. The number of hydrogen-bond acceptors (Lipinski definition) is 6. The molecule has 1 atom stereocenters. The van der Waals surface area contributed by atoms with E-state index in [9.17, 15) is 9.59 Å². The minimum absolute atomic E-state index is 0.107. The van der Waals surface area contributed by atoms with Crippen LogP contribution in [0.4, 0.5) is 11.5 Å². The van der Waals surface area contributed by atoms with Crippen molar-refractivity contribution in [3.05, 3.63) is 88.0 Å². The molecule has 0 saturated carbocycles. The lowest BCUT2D eigenvalue weighted by Crippen LogP contribution is -2.57. The summed E-state index contributed by atoms with van der Waals surface area (Å²) in [4.78, 5) is 35.4. The zero-order valence-corrected chi connectivity index (χ0v) is 25.1. The van der Waals surface area contributed by atoms with Crippen LogP contribution in [0.5, 0.6) is 0 Å². The summed E-state index contributed by atoms with van der Waals surface area (Å²) in [7, 11) is 0. The van der Waals surface area contributed by atoms with Crippen molar-refractivity contribution in [3.63, 3.8) is 0 Å². The normalized spacial score (nSPS) is 16.3. The van der Waals surface area contributed by atoms with Crippen molar-refractivity contribution in [2.24, 2.45) is 0 Å². The molecule has 0 radical (unpaired) electrons. The Balaban J connectivity index is 1.57. The van der Waals surface area contributed by atoms with Gasteiger partial charge in [-0.25, -0.2) is 4.79 Å². The molecule has 2 aliphatic rings. The van der Waals surface area contributed by atoms with Gasteiger partial charge in [-0.1, -0.05) is 56.3 Å². The number of amides is 1. The van der Waals surface area contributed by atoms with Gasteiger partial charge in [0.2, 0.25) is 5.91 Å². The molecular formula is C33H32ClN7O2. The Hall–Kier alpha value is -4.63. The van der Waals surface area contributed by atoms with Gasteiger partial charge in [0.1, 0.15) is 5.82 Å². The average molecular weight is 594 g/mol. The highest BCUT2D eigenvalue weighted by Crippen LogP contribution is 2.47. The van der Waals surface area contributed by atoms with E-state index in [1.807, 2.05) is 42.6 Å². The molecule has 3 aromatic carbocycles. The largest absolute Gasteiger partial charge is 0.381 e. The standard InChI is InChI=1S/C33H32ClN7O2/c1-5-27(42)39-12-13-40-20(17-39)15-35-31-29-26(14-22(30(31)34)28-19(4)10-11-24-23(28)16-36-38-24)41(33(43)37-32(29)40)25-9-7-6-8-21(25)18(2)3/h5-11,14,16,18,20,35H,1,12-13,15,17H2,2-4H3,(H,36,38). The van der Waals surface area contributed by atoms with Gasteiger partial charge in [0, 0.05) is 37.1 Å². The molecule has 7 rings (SSSR count). The number of para-hydroxylation sites is 1. The monoisotopic (exact) mass is 593 g/mol. The third-order valence-electron chi connectivity index (χ3n) is 8.76. The summed E-state index contributed by atoms with van der Waals surface area (Å²) < 4.78 is 1.72. The summed E-state index contributed by atoms with van der Waals surface area (Å²) in [5, 5.41) is 13.3. The Morgan fingerprint density at radius 2 is 2.00 bits per heavy atom. The number of aryl methyl sites for hydroxylation is 1. The van der Waals surface area contributed by atoms with Crippen molar-refractivity contribution in [3.8, 4) is 16.8 Å². The van der Waals surface area contributed by atoms with Crippen LogP contribution in [0, 0.1) is 6.92 Å². The number of fused-ring (bicyclic) bond motifs is 3. The third kappa shape index (κ3) is 4.21. The number of rotatable bonds is 4. The lowest BCUT2D eigenvalue weighted by Gasteiger charge is -2.41. The average Bonchev–Trinajstić information content (AvgIpc) is 3.42. The molecule has 1 unspecified atom stereocenters. The molecule has 218 valence electrons. The number of nitrogens with zero attached hydrogens (tertiary/aromatic N) is 5. The van der Waals surface area contributed by atoms with E-state index in [1.54, 1.807) is 9.47 Å². The van der Waals surface area contributed by atoms with Crippen LogP contribution in [0.3, 0.4) is 0 Å². The van der Waals surface area contributed by atoms with Crippen LogP contribution >= 0.6 is 11.6 Å². The molecule has 0 bridgehead atoms. The molecule has 0 spiro atoms. The van der Waals surface area contributed by atoms with Gasteiger partial charge in [0.15, 0.2) is 0 Å². The van der Waals surface area contributed by atoms with Crippen LogP contribution < -0.4 is 15.9 Å². The van der Waals surface area contributed by atoms with Crippen molar-refractivity contribution >= 4 is 50.8 Å². The first-order chi connectivity index (χ1) is 20.8. The van der Waals surface area contributed by atoms with Gasteiger partial charge < -0.3 is 15.1 Å². The molecule has 1 saturated heterocycles. The molecule has 2 aliphatic heterocycles. The quantitative estimate of drug-likeness (QED) is 0.262. The van der Waals surface area contributed by atoms with Crippen LogP contribution in [0.2, 0.25) is 5.02 Å². The molecule has 43 heavy (non-hydrogen) atoms. The van der Waals surface area contributed by atoms with E-state index >= 15 is 0 Å².